The van der Waals surface area contributed by atoms with Crippen LogP contribution in [0, 0.1) is 0 Å². The lowest BCUT2D eigenvalue weighted by Gasteiger charge is -2.24. The van der Waals surface area contributed by atoms with E-state index in [2.05, 4.69) is 5.32 Å². The summed E-state index contributed by atoms with van der Waals surface area (Å²) in [6.07, 6.45) is 0.575. The molecule has 3 aromatic rings. The molecular formula is C30H31N3O5S. The maximum absolute atomic E-state index is 13.6. The van der Waals surface area contributed by atoms with E-state index in [9.17, 15) is 14.4 Å². The second-order valence-corrected chi connectivity index (χ2v) is 9.42. The Morgan fingerprint density at radius 3 is 2.28 bits per heavy atom. The van der Waals surface area contributed by atoms with Crippen molar-refractivity contribution in [1.82, 2.24) is 9.80 Å². The smallest absolute Gasteiger partial charge is 0.338 e. The van der Waals surface area contributed by atoms with Crippen LogP contribution in [0.25, 0.3) is 0 Å². The Hall–Kier alpha value is -4.24. The molecule has 3 aromatic carbocycles. The van der Waals surface area contributed by atoms with Gasteiger partial charge >= 0.3 is 5.97 Å². The predicted molar refractivity (Wildman–Crippen MR) is 152 cm³/mol. The Labute approximate surface area is 233 Å². The largest absolute Gasteiger partial charge is 0.497 e. The number of ether oxygens (including phenoxy) is 2. The summed E-state index contributed by atoms with van der Waals surface area (Å²) in [6, 6.07) is 23.1. The highest BCUT2D eigenvalue weighted by atomic mass is 32.1. The Bertz CT molecular complexity index is 1310. The summed E-state index contributed by atoms with van der Waals surface area (Å²) < 4.78 is 10.2. The number of thiocarbonyl (C=S) groups is 1. The van der Waals surface area contributed by atoms with Crippen molar-refractivity contribution in [3.8, 4) is 5.75 Å². The van der Waals surface area contributed by atoms with E-state index in [0.29, 0.717) is 35.9 Å². The first-order chi connectivity index (χ1) is 18.9. The molecule has 0 spiro atoms. The Balaban J connectivity index is 1.48. The van der Waals surface area contributed by atoms with E-state index in [-0.39, 0.29) is 24.8 Å². The molecule has 0 radical (unpaired) electrons. The second kappa shape index (κ2) is 13.0. The molecule has 0 bridgehead atoms. The molecule has 202 valence electrons. The number of rotatable bonds is 11. The van der Waals surface area contributed by atoms with Crippen LogP contribution in [0.5, 0.6) is 5.75 Å². The van der Waals surface area contributed by atoms with Gasteiger partial charge in [-0.3, -0.25) is 14.5 Å². The van der Waals surface area contributed by atoms with Gasteiger partial charge in [0, 0.05) is 18.8 Å². The molecule has 1 aliphatic rings. The summed E-state index contributed by atoms with van der Waals surface area (Å²) in [5.74, 6) is -0.222. The van der Waals surface area contributed by atoms with Gasteiger partial charge in [-0.2, -0.15) is 0 Å². The van der Waals surface area contributed by atoms with E-state index in [0.717, 1.165) is 16.9 Å². The highest BCUT2D eigenvalue weighted by Crippen LogP contribution is 2.25. The fraction of sp³-hybridized carbons (Fsp3) is 0.267. The van der Waals surface area contributed by atoms with E-state index in [1.807, 2.05) is 59.5 Å². The number of hydrogen-bond donors (Lipinski definition) is 1. The second-order valence-electron chi connectivity index (χ2n) is 9.05. The minimum absolute atomic E-state index is 0.0728. The molecule has 0 aliphatic carbocycles. The zero-order valence-corrected chi connectivity index (χ0v) is 22.8. The molecule has 1 saturated heterocycles. The SMILES string of the molecule is CCOC(=O)c1ccc(NC(=O)CC2C(=O)N(CCc3ccccc3)C(=S)N2Cc2ccc(OC)cc2)cc1. The van der Waals surface area contributed by atoms with Crippen molar-refractivity contribution in [3.63, 3.8) is 0 Å². The predicted octanol–water partition coefficient (Wildman–Crippen LogP) is 4.44. The Kier molecular flexibility index (Phi) is 9.27. The molecule has 1 unspecified atom stereocenters. The van der Waals surface area contributed by atoms with Crippen LogP contribution in [0.2, 0.25) is 0 Å². The summed E-state index contributed by atoms with van der Waals surface area (Å²) in [5.41, 5.74) is 2.95. The van der Waals surface area contributed by atoms with E-state index in [1.54, 1.807) is 43.2 Å². The van der Waals surface area contributed by atoms with E-state index in [4.69, 9.17) is 21.7 Å². The third kappa shape index (κ3) is 7.00. The molecule has 8 nitrogen and oxygen atoms in total. The van der Waals surface area contributed by atoms with Gasteiger partial charge in [-0.05, 0) is 73.1 Å². The van der Waals surface area contributed by atoms with Crippen LogP contribution in [-0.2, 0) is 27.3 Å². The van der Waals surface area contributed by atoms with E-state index in [1.165, 1.54) is 0 Å². The molecule has 4 rings (SSSR count). The molecule has 39 heavy (non-hydrogen) atoms. The van der Waals surface area contributed by atoms with Crippen molar-refractivity contribution >= 4 is 40.8 Å². The third-order valence-corrected chi connectivity index (χ3v) is 6.90. The average molecular weight is 546 g/mol. The molecule has 2 amide bonds. The fourth-order valence-corrected chi connectivity index (χ4v) is 4.75. The van der Waals surface area contributed by atoms with Crippen molar-refractivity contribution in [2.24, 2.45) is 0 Å². The highest BCUT2D eigenvalue weighted by molar-refractivity contribution is 7.80. The summed E-state index contributed by atoms with van der Waals surface area (Å²) in [7, 11) is 1.60. The lowest BCUT2D eigenvalue weighted by Crippen LogP contribution is -2.37. The average Bonchev–Trinajstić information content (AvgIpc) is 3.16. The lowest BCUT2D eigenvalue weighted by molar-refractivity contribution is -0.130. The van der Waals surface area contributed by atoms with Gasteiger partial charge in [-0.1, -0.05) is 42.5 Å². The molecule has 1 fully saturated rings. The maximum Gasteiger partial charge on any atom is 0.338 e. The number of benzene rings is 3. The molecule has 9 heteroatoms. The van der Waals surface area contributed by atoms with Crippen molar-refractivity contribution in [2.45, 2.75) is 32.4 Å². The number of carbonyl (C=O) groups is 3. The normalized spacial score (nSPS) is 14.9. The molecule has 1 N–H and O–H groups in total. The van der Waals surface area contributed by atoms with Crippen LogP contribution < -0.4 is 10.1 Å². The topological polar surface area (TPSA) is 88.2 Å². The number of carbonyl (C=O) groups excluding carboxylic acids is 3. The van der Waals surface area contributed by atoms with Crippen LogP contribution in [0.15, 0.2) is 78.9 Å². The highest BCUT2D eigenvalue weighted by Gasteiger charge is 2.43. The Morgan fingerprint density at radius 2 is 1.64 bits per heavy atom. The van der Waals surface area contributed by atoms with Gasteiger partial charge in [0.1, 0.15) is 11.8 Å². The molecule has 0 aromatic heterocycles. The van der Waals surface area contributed by atoms with Gasteiger partial charge in [0.05, 0.1) is 25.7 Å². The molecule has 1 atom stereocenters. The number of amides is 2. The number of nitrogens with zero attached hydrogens (tertiary/aromatic N) is 2. The fourth-order valence-electron chi connectivity index (χ4n) is 4.38. The van der Waals surface area contributed by atoms with Crippen LogP contribution in [0.1, 0.15) is 34.8 Å². The van der Waals surface area contributed by atoms with Gasteiger partial charge in [0.15, 0.2) is 5.11 Å². The van der Waals surface area contributed by atoms with Crippen molar-refractivity contribution < 1.29 is 23.9 Å². The summed E-state index contributed by atoms with van der Waals surface area (Å²) in [5, 5.41) is 3.23. The van der Waals surface area contributed by atoms with Gasteiger partial charge in [-0.15, -0.1) is 0 Å². The first kappa shape index (κ1) is 27.8. The molecular weight excluding hydrogens is 514 g/mol. The number of esters is 1. The number of nitrogens with one attached hydrogen (secondary N) is 1. The van der Waals surface area contributed by atoms with E-state index < -0.39 is 12.0 Å². The third-order valence-electron chi connectivity index (χ3n) is 6.44. The van der Waals surface area contributed by atoms with Crippen molar-refractivity contribution in [3.05, 3.63) is 95.6 Å². The summed E-state index contributed by atoms with van der Waals surface area (Å²) in [6.45, 7) is 2.82. The van der Waals surface area contributed by atoms with Crippen LogP contribution in [0.3, 0.4) is 0 Å². The zero-order chi connectivity index (χ0) is 27.8. The van der Waals surface area contributed by atoms with Crippen LogP contribution in [0.4, 0.5) is 5.69 Å². The number of anilines is 1. The maximum atomic E-state index is 13.6. The quantitative estimate of drug-likeness (QED) is 0.282. The van der Waals surface area contributed by atoms with Crippen molar-refractivity contribution in [1.29, 1.82) is 0 Å². The molecule has 0 saturated carbocycles. The van der Waals surface area contributed by atoms with Crippen LogP contribution >= 0.6 is 12.2 Å². The number of methoxy groups -OCH3 is 1. The van der Waals surface area contributed by atoms with E-state index >= 15 is 0 Å². The lowest BCUT2D eigenvalue weighted by atomic mass is 10.1. The monoisotopic (exact) mass is 545 g/mol. The molecule has 1 heterocycles. The van der Waals surface area contributed by atoms with Gasteiger partial charge in [-0.25, -0.2) is 4.79 Å². The van der Waals surface area contributed by atoms with Gasteiger partial charge < -0.3 is 19.7 Å². The first-order valence-corrected chi connectivity index (χ1v) is 13.2. The van der Waals surface area contributed by atoms with Crippen molar-refractivity contribution in [2.75, 3.05) is 25.6 Å². The zero-order valence-electron chi connectivity index (χ0n) is 22.0. The minimum Gasteiger partial charge on any atom is -0.497 e. The minimum atomic E-state index is -0.741. The number of hydrogen-bond acceptors (Lipinski definition) is 6. The van der Waals surface area contributed by atoms with Crippen LogP contribution in [-0.4, -0.2) is 59.0 Å². The standard InChI is InChI=1S/C30H31N3O5S/c1-3-38-29(36)23-11-13-24(14-12-23)31-27(34)19-26-28(35)32(18-17-21-7-5-4-6-8-21)30(39)33(26)20-22-9-15-25(37-2)16-10-22/h4-16,26H,3,17-20H2,1-2H3,(H,31,34). The summed E-state index contributed by atoms with van der Waals surface area (Å²) in [4.78, 5) is 41.9. The van der Waals surface area contributed by atoms with Gasteiger partial charge in [0.25, 0.3) is 5.91 Å². The Morgan fingerprint density at radius 1 is 0.949 bits per heavy atom. The first-order valence-electron chi connectivity index (χ1n) is 12.8. The summed E-state index contributed by atoms with van der Waals surface area (Å²) >= 11 is 5.75. The van der Waals surface area contributed by atoms with Gasteiger partial charge in [0.2, 0.25) is 5.91 Å². The molecule has 1 aliphatic heterocycles.